The van der Waals surface area contributed by atoms with Crippen LogP contribution in [0.25, 0.3) is 0 Å². The maximum absolute atomic E-state index is 13.2. The number of nitrogens with zero attached hydrogens (tertiary/aromatic N) is 1. The molecule has 33 heteroatoms. The fourth-order valence-electron chi connectivity index (χ4n) is 7.63. The van der Waals surface area contributed by atoms with E-state index >= 15 is 0 Å². The van der Waals surface area contributed by atoms with E-state index in [1.54, 1.807) is 25.7 Å². The summed E-state index contributed by atoms with van der Waals surface area (Å²) in [4.78, 5) is 55.0. The Balaban J connectivity index is 1.42. The summed E-state index contributed by atoms with van der Waals surface area (Å²) in [5.41, 5.74) is 3.43. The van der Waals surface area contributed by atoms with Crippen molar-refractivity contribution in [2.24, 2.45) is 0 Å². The minimum Gasteiger partial charge on any atom is -0.445 e. The molecule has 4 amide bonds. The number of rotatable bonds is 76. The molecule has 0 aliphatic carbocycles. The Morgan fingerprint density at radius 3 is 0.794 bits per heavy atom. The fraction of sp³-hybridized carbons (Fsp3) is 0.768. The summed E-state index contributed by atoms with van der Waals surface area (Å²) in [6.45, 7) is 22.8. The zero-order valence-corrected chi connectivity index (χ0v) is 60.7. The highest BCUT2D eigenvalue weighted by molar-refractivity contribution is 5.77. The van der Waals surface area contributed by atoms with Crippen LogP contribution >= 0.6 is 0 Å². The molecule has 0 spiro atoms. The maximum Gasteiger partial charge on any atom is 0.431 e. The first-order chi connectivity index (χ1) is 50.1. The molecule has 0 aliphatic heterocycles. The number of benzene rings is 2. The van der Waals surface area contributed by atoms with Crippen LogP contribution in [0.4, 0.5) is 14.4 Å². The Morgan fingerprint density at radius 2 is 0.529 bits per heavy atom. The van der Waals surface area contributed by atoms with Gasteiger partial charge < -0.3 is 129 Å². The zero-order chi connectivity index (χ0) is 73.1. The summed E-state index contributed by atoms with van der Waals surface area (Å²) in [6, 6.07) is 18.9. The molecular formula is C69H120N4O29. The van der Waals surface area contributed by atoms with Crippen molar-refractivity contribution in [3.63, 3.8) is 0 Å². The molecule has 0 saturated carbocycles. The molecular weight excluding hydrogens is 1350 g/mol. The zero-order valence-electron chi connectivity index (χ0n) is 60.7. The number of carbonyl (C=O) groups excluding carboxylic acids is 4. The summed E-state index contributed by atoms with van der Waals surface area (Å²) in [6.07, 6.45) is -1.65. The topological polar surface area (TPSA) is 338 Å². The van der Waals surface area contributed by atoms with Gasteiger partial charge in [0.25, 0.3) is 0 Å². The lowest BCUT2D eigenvalue weighted by Gasteiger charge is -2.23. The van der Waals surface area contributed by atoms with Gasteiger partial charge in [0.1, 0.15) is 25.4 Å². The van der Waals surface area contributed by atoms with Crippen LogP contribution in [0.3, 0.4) is 0 Å². The van der Waals surface area contributed by atoms with Crippen LogP contribution in [0.15, 0.2) is 60.7 Å². The highest BCUT2D eigenvalue weighted by Crippen LogP contribution is 2.07. The molecule has 33 nitrogen and oxygen atoms in total. The third-order valence-corrected chi connectivity index (χ3v) is 12.6. The van der Waals surface area contributed by atoms with Crippen LogP contribution < -0.4 is 16.1 Å². The predicted molar refractivity (Wildman–Crippen MR) is 368 cm³/mol. The first-order valence-electron chi connectivity index (χ1n) is 35.0. The lowest BCUT2D eigenvalue weighted by molar-refractivity contribution is -0.138. The molecule has 102 heavy (non-hydrogen) atoms. The molecule has 2 aromatic rings. The first-order valence-corrected chi connectivity index (χ1v) is 35.0. The van der Waals surface area contributed by atoms with Crippen LogP contribution in [0.5, 0.6) is 0 Å². The Labute approximate surface area is 602 Å². The average molecular weight is 1470 g/mol. The lowest BCUT2D eigenvalue weighted by Crippen LogP contribution is -2.39. The number of nitrogens with one attached hydrogen (secondary N) is 3. The molecule has 2 aromatic carbocycles. The van der Waals surface area contributed by atoms with E-state index in [0.29, 0.717) is 271 Å². The smallest absolute Gasteiger partial charge is 0.431 e. The van der Waals surface area contributed by atoms with Gasteiger partial charge in [-0.2, -0.15) is 5.48 Å². The van der Waals surface area contributed by atoms with Gasteiger partial charge in [-0.05, 0) is 31.9 Å². The summed E-state index contributed by atoms with van der Waals surface area (Å²) in [5, 5.41) is 5.29. The molecule has 0 fully saturated rings. The number of carbonyl (C=O) groups is 4. The molecule has 2 rings (SSSR count). The molecule has 3 N–H and O–H groups in total. The molecule has 0 radical (unpaired) electrons. The molecule has 0 aromatic heterocycles. The van der Waals surface area contributed by atoms with Gasteiger partial charge in [-0.3, -0.25) is 9.63 Å². The average Bonchev–Trinajstić information content (AvgIpc) is 1.43. The van der Waals surface area contributed by atoms with Crippen molar-refractivity contribution in [1.29, 1.82) is 0 Å². The number of amides is 4. The highest BCUT2D eigenvalue weighted by Gasteiger charge is 2.17. The van der Waals surface area contributed by atoms with E-state index < -0.39 is 23.9 Å². The molecule has 0 heterocycles. The number of hydrogen-bond acceptors (Lipinski definition) is 29. The monoisotopic (exact) mass is 1470 g/mol. The van der Waals surface area contributed by atoms with Crippen molar-refractivity contribution in [3.05, 3.63) is 71.8 Å². The standard InChI is InChI=1S/C69H120N4O29/c1-69(2,3)102-68(77)72-101-59-58-97-55-54-95-51-50-93-47-46-91-43-42-89-39-38-88-40-41-90-44-45-92-48-49-94-52-53-96-56-57-98-62-65(74)73(16-20-80-24-28-84-32-36-86-34-30-82-26-22-78-18-14-70-66(75)99-60-63-10-6-4-7-11-63)17-21-81-25-29-85-33-37-87-35-31-83-27-23-79-19-15-71-67(76)100-61-64-12-8-5-9-13-64/h4-13H,14-62H2,1-3H3,(H,70,75)(H,71,76)(H,72,77). The van der Waals surface area contributed by atoms with Crippen molar-refractivity contribution >= 4 is 24.2 Å². The van der Waals surface area contributed by atoms with Gasteiger partial charge in [-0.1, -0.05) is 60.7 Å². The van der Waals surface area contributed by atoms with Crippen molar-refractivity contribution in [2.45, 2.75) is 39.6 Å². The first kappa shape index (κ1) is 92.9. The van der Waals surface area contributed by atoms with Crippen LogP contribution in [0, 0.1) is 0 Å². The second-order valence-corrected chi connectivity index (χ2v) is 22.1. The summed E-state index contributed by atoms with van der Waals surface area (Å²) >= 11 is 0. The van der Waals surface area contributed by atoms with Gasteiger partial charge in [-0.25, -0.2) is 14.4 Å². The van der Waals surface area contributed by atoms with Gasteiger partial charge in [-0.15, -0.1) is 0 Å². The van der Waals surface area contributed by atoms with Crippen LogP contribution in [-0.2, 0) is 137 Å². The van der Waals surface area contributed by atoms with E-state index in [1.807, 2.05) is 60.7 Å². The van der Waals surface area contributed by atoms with Crippen molar-refractivity contribution in [2.75, 3.05) is 310 Å². The van der Waals surface area contributed by atoms with Crippen LogP contribution in [0.2, 0.25) is 0 Å². The third-order valence-electron chi connectivity index (χ3n) is 12.6. The maximum atomic E-state index is 13.2. The SMILES string of the molecule is CC(C)(C)OC(=O)NOCCOCCOCCOCCOCCOCCOCCOCCOCCOCCOCCOCC(=O)N(CCOCCOCCOCCOCCOCCNC(=O)OCc1ccccc1)CCOCCOCCOCCOCCOCCNC(=O)OCc1ccccc1. The number of alkyl carbamates (subject to hydrolysis) is 2. The van der Waals surface area contributed by atoms with Crippen molar-refractivity contribution in [3.8, 4) is 0 Å². The summed E-state index contributed by atoms with van der Waals surface area (Å²) in [5.74, 6) is -0.214. The second kappa shape index (κ2) is 72.8. The fourth-order valence-corrected chi connectivity index (χ4v) is 7.63. The van der Waals surface area contributed by atoms with E-state index in [4.69, 9.17) is 119 Å². The minimum atomic E-state index is -0.651. The van der Waals surface area contributed by atoms with Gasteiger partial charge in [0.2, 0.25) is 5.91 Å². The molecule has 0 bridgehead atoms. The molecule has 590 valence electrons. The van der Waals surface area contributed by atoms with E-state index in [2.05, 4.69) is 16.1 Å². The van der Waals surface area contributed by atoms with Gasteiger partial charge in [0, 0.05) is 26.2 Å². The minimum absolute atomic E-state index is 0.137. The Morgan fingerprint density at radius 1 is 0.294 bits per heavy atom. The Hall–Kier alpha value is -5.16. The Bertz CT molecular complexity index is 2060. The summed E-state index contributed by atoms with van der Waals surface area (Å²) in [7, 11) is 0. The molecule has 0 saturated heterocycles. The number of ether oxygens (including phenoxy) is 24. The van der Waals surface area contributed by atoms with E-state index in [1.165, 1.54) is 0 Å². The molecule has 0 unspecified atom stereocenters. The predicted octanol–water partition coefficient (Wildman–Crippen LogP) is 3.47. The lowest BCUT2D eigenvalue weighted by atomic mass is 10.2. The van der Waals surface area contributed by atoms with E-state index in [-0.39, 0.29) is 58.8 Å². The molecule has 0 aliphatic rings. The van der Waals surface area contributed by atoms with Crippen molar-refractivity contribution in [1.82, 2.24) is 21.0 Å². The van der Waals surface area contributed by atoms with Gasteiger partial charge in [0.15, 0.2) is 0 Å². The largest absolute Gasteiger partial charge is 0.445 e. The Kier molecular flexibility index (Phi) is 66.3. The third kappa shape index (κ3) is 68.0. The van der Waals surface area contributed by atoms with Gasteiger partial charge >= 0.3 is 18.3 Å². The summed E-state index contributed by atoms with van der Waals surface area (Å²) < 4.78 is 132. The van der Waals surface area contributed by atoms with E-state index in [9.17, 15) is 19.2 Å². The molecule has 0 atom stereocenters. The van der Waals surface area contributed by atoms with Gasteiger partial charge in [0.05, 0.1) is 277 Å². The highest BCUT2D eigenvalue weighted by atomic mass is 16.7. The second-order valence-electron chi connectivity index (χ2n) is 22.1. The number of hydroxylamine groups is 1. The van der Waals surface area contributed by atoms with E-state index in [0.717, 1.165) is 11.1 Å². The number of hydrogen-bond donors (Lipinski definition) is 3. The van der Waals surface area contributed by atoms with Crippen molar-refractivity contribution < 1.29 is 138 Å². The van der Waals surface area contributed by atoms with Crippen LogP contribution in [0.1, 0.15) is 31.9 Å². The van der Waals surface area contributed by atoms with Crippen LogP contribution in [-0.4, -0.2) is 345 Å². The normalized spacial score (nSPS) is 11.5. The quantitative estimate of drug-likeness (QED) is 0.0485.